The molecule has 1 N–H and O–H groups in total. The minimum atomic E-state index is -0.255. The summed E-state index contributed by atoms with van der Waals surface area (Å²) in [6.07, 6.45) is 3.68. The minimum absolute atomic E-state index is 0.00587. The Bertz CT molecular complexity index is 666. The average Bonchev–Trinajstić information content (AvgIpc) is 3.07. The van der Waals surface area contributed by atoms with E-state index in [0.29, 0.717) is 19.5 Å². The zero-order chi connectivity index (χ0) is 20.1. The van der Waals surface area contributed by atoms with Gasteiger partial charge in [0.05, 0.1) is 5.92 Å². The first kappa shape index (κ1) is 20.6. The Hall–Kier alpha value is -2.08. The van der Waals surface area contributed by atoms with Crippen LogP contribution in [0.2, 0.25) is 0 Å². The number of anilines is 2. The molecule has 0 saturated carbocycles. The molecule has 1 aromatic rings. The van der Waals surface area contributed by atoms with Crippen LogP contribution in [0.4, 0.5) is 11.4 Å². The Labute approximate surface area is 168 Å². The molecule has 0 bridgehead atoms. The summed E-state index contributed by atoms with van der Waals surface area (Å²) in [4.78, 5) is 31.1. The fourth-order valence-corrected chi connectivity index (χ4v) is 3.99. The van der Waals surface area contributed by atoms with Gasteiger partial charge in [-0.3, -0.25) is 9.59 Å². The monoisotopic (exact) mass is 386 g/mol. The van der Waals surface area contributed by atoms with E-state index < -0.39 is 0 Å². The number of piperidine rings is 1. The number of hydrogen-bond acceptors (Lipinski definition) is 4. The molecule has 0 aromatic heterocycles. The number of carbonyl (C=O) groups is 2. The summed E-state index contributed by atoms with van der Waals surface area (Å²) in [6, 6.07) is 8.24. The molecule has 3 rings (SSSR count). The second-order valence-corrected chi connectivity index (χ2v) is 8.54. The van der Waals surface area contributed by atoms with Gasteiger partial charge in [-0.15, -0.1) is 0 Å². The lowest BCUT2D eigenvalue weighted by Crippen LogP contribution is -2.34. The van der Waals surface area contributed by atoms with Crippen molar-refractivity contribution in [3.63, 3.8) is 0 Å². The first-order valence-corrected chi connectivity index (χ1v) is 10.5. The van der Waals surface area contributed by atoms with Gasteiger partial charge in [0, 0.05) is 44.0 Å². The summed E-state index contributed by atoms with van der Waals surface area (Å²) in [5, 5.41) is 2.98. The Morgan fingerprint density at radius 3 is 2.43 bits per heavy atom. The van der Waals surface area contributed by atoms with E-state index >= 15 is 0 Å². The van der Waals surface area contributed by atoms with E-state index in [-0.39, 0.29) is 17.7 Å². The van der Waals surface area contributed by atoms with Crippen LogP contribution in [-0.2, 0) is 9.59 Å². The van der Waals surface area contributed by atoms with Gasteiger partial charge in [-0.25, -0.2) is 0 Å². The SMILES string of the molecule is CC1CCN(c2ccc(N3CC(C(=O)NCCCN(C)C)CC3=O)cc2)CC1. The summed E-state index contributed by atoms with van der Waals surface area (Å²) in [5.41, 5.74) is 2.11. The molecular formula is C22H34N4O2. The van der Waals surface area contributed by atoms with Gasteiger partial charge in [0.25, 0.3) is 0 Å². The Balaban J connectivity index is 1.52. The Morgan fingerprint density at radius 1 is 1.14 bits per heavy atom. The van der Waals surface area contributed by atoms with Crippen LogP contribution >= 0.6 is 0 Å². The first-order chi connectivity index (χ1) is 13.4. The maximum atomic E-state index is 12.5. The molecule has 2 heterocycles. The number of amides is 2. The van der Waals surface area contributed by atoms with Crippen molar-refractivity contribution in [1.29, 1.82) is 0 Å². The summed E-state index contributed by atoms with van der Waals surface area (Å²) >= 11 is 0. The molecule has 2 aliphatic rings. The van der Waals surface area contributed by atoms with Gasteiger partial charge in [0.1, 0.15) is 0 Å². The van der Waals surface area contributed by atoms with Crippen LogP contribution < -0.4 is 15.1 Å². The van der Waals surface area contributed by atoms with Crippen LogP contribution in [0.3, 0.4) is 0 Å². The fourth-order valence-electron chi connectivity index (χ4n) is 3.99. The number of rotatable bonds is 7. The molecule has 28 heavy (non-hydrogen) atoms. The molecule has 1 atom stereocenters. The highest BCUT2D eigenvalue weighted by Crippen LogP contribution is 2.29. The van der Waals surface area contributed by atoms with Crippen molar-refractivity contribution in [2.24, 2.45) is 11.8 Å². The molecule has 0 radical (unpaired) electrons. The van der Waals surface area contributed by atoms with Crippen LogP contribution in [-0.4, -0.2) is 63.5 Å². The predicted molar refractivity (Wildman–Crippen MR) is 114 cm³/mol. The molecule has 2 aliphatic heterocycles. The molecule has 2 fully saturated rings. The fraction of sp³-hybridized carbons (Fsp3) is 0.636. The number of nitrogens with zero attached hydrogens (tertiary/aromatic N) is 3. The molecule has 154 valence electrons. The second kappa shape index (κ2) is 9.41. The normalized spacial score (nSPS) is 20.9. The zero-order valence-corrected chi connectivity index (χ0v) is 17.5. The van der Waals surface area contributed by atoms with E-state index in [4.69, 9.17) is 0 Å². The van der Waals surface area contributed by atoms with E-state index in [9.17, 15) is 9.59 Å². The van der Waals surface area contributed by atoms with Crippen molar-refractivity contribution in [1.82, 2.24) is 10.2 Å². The van der Waals surface area contributed by atoms with E-state index in [2.05, 4.69) is 34.2 Å². The highest BCUT2D eigenvalue weighted by molar-refractivity contribution is 6.00. The Morgan fingerprint density at radius 2 is 1.79 bits per heavy atom. The zero-order valence-electron chi connectivity index (χ0n) is 17.5. The summed E-state index contributed by atoms with van der Waals surface area (Å²) in [6.45, 7) is 6.58. The topological polar surface area (TPSA) is 55.9 Å². The van der Waals surface area contributed by atoms with E-state index in [1.807, 2.05) is 26.2 Å². The van der Waals surface area contributed by atoms with Gasteiger partial charge in [0.2, 0.25) is 11.8 Å². The standard InChI is InChI=1S/C22H34N4O2/c1-17-9-13-25(14-10-17)19-5-7-20(8-6-19)26-16-18(15-21(26)27)22(28)23-11-4-12-24(2)3/h5-8,17-18H,4,9-16H2,1-3H3,(H,23,28). The average molecular weight is 387 g/mol. The molecule has 0 spiro atoms. The van der Waals surface area contributed by atoms with Gasteiger partial charge in [0.15, 0.2) is 0 Å². The molecule has 2 amide bonds. The van der Waals surface area contributed by atoms with Crippen LogP contribution in [0.1, 0.15) is 32.6 Å². The van der Waals surface area contributed by atoms with Gasteiger partial charge >= 0.3 is 0 Å². The molecule has 0 aliphatic carbocycles. The van der Waals surface area contributed by atoms with E-state index in [1.165, 1.54) is 18.5 Å². The Kier molecular flexibility index (Phi) is 6.94. The number of hydrogen-bond donors (Lipinski definition) is 1. The van der Waals surface area contributed by atoms with E-state index in [0.717, 1.165) is 37.7 Å². The van der Waals surface area contributed by atoms with Crippen molar-refractivity contribution < 1.29 is 9.59 Å². The minimum Gasteiger partial charge on any atom is -0.372 e. The van der Waals surface area contributed by atoms with Crippen molar-refractivity contribution in [3.8, 4) is 0 Å². The van der Waals surface area contributed by atoms with Crippen LogP contribution in [0.25, 0.3) is 0 Å². The van der Waals surface area contributed by atoms with Gasteiger partial charge in [-0.2, -0.15) is 0 Å². The molecule has 6 nitrogen and oxygen atoms in total. The quantitative estimate of drug-likeness (QED) is 0.731. The van der Waals surface area contributed by atoms with Crippen molar-refractivity contribution in [3.05, 3.63) is 24.3 Å². The summed E-state index contributed by atoms with van der Waals surface area (Å²) in [5.74, 6) is 0.584. The highest BCUT2D eigenvalue weighted by atomic mass is 16.2. The van der Waals surface area contributed by atoms with Gasteiger partial charge in [-0.05, 0) is 70.1 Å². The van der Waals surface area contributed by atoms with Crippen molar-refractivity contribution in [2.45, 2.75) is 32.6 Å². The van der Waals surface area contributed by atoms with E-state index in [1.54, 1.807) is 4.90 Å². The largest absolute Gasteiger partial charge is 0.372 e. The highest BCUT2D eigenvalue weighted by Gasteiger charge is 2.35. The summed E-state index contributed by atoms with van der Waals surface area (Å²) < 4.78 is 0. The third kappa shape index (κ3) is 5.25. The first-order valence-electron chi connectivity index (χ1n) is 10.5. The van der Waals surface area contributed by atoms with Crippen molar-refractivity contribution in [2.75, 3.05) is 56.6 Å². The lowest BCUT2D eigenvalue weighted by atomic mass is 9.99. The number of benzene rings is 1. The smallest absolute Gasteiger partial charge is 0.227 e. The van der Waals surface area contributed by atoms with Crippen LogP contribution in [0, 0.1) is 11.8 Å². The molecule has 1 unspecified atom stereocenters. The summed E-state index contributed by atoms with van der Waals surface area (Å²) in [7, 11) is 4.04. The molecular weight excluding hydrogens is 352 g/mol. The molecule has 1 aromatic carbocycles. The van der Waals surface area contributed by atoms with Gasteiger partial charge < -0.3 is 20.0 Å². The number of nitrogens with one attached hydrogen (secondary N) is 1. The third-order valence-electron chi connectivity index (χ3n) is 5.89. The lowest BCUT2D eigenvalue weighted by molar-refractivity contribution is -0.126. The van der Waals surface area contributed by atoms with Gasteiger partial charge in [-0.1, -0.05) is 6.92 Å². The molecule has 6 heteroatoms. The van der Waals surface area contributed by atoms with Crippen LogP contribution in [0.5, 0.6) is 0 Å². The maximum absolute atomic E-state index is 12.5. The second-order valence-electron chi connectivity index (χ2n) is 8.54. The van der Waals surface area contributed by atoms with Crippen molar-refractivity contribution >= 4 is 23.2 Å². The maximum Gasteiger partial charge on any atom is 0.227 e. The predicted octanol–water partition coefficient (Wildman–Crippen LogP) is 2.34. The van der Waals surface area contributed by atoms with Crippen LogP contribution in [0.15, 0.2) is 24.3 Å². The third-order valence-corrected chi connectivity index (χ3v) is 5.89. The number of carbonyl (C=O) groups excluding carboxylic acids is 2. The lowest BCUT2D eigenvalue weighted by Gasteiger charge is -2.32. The molecule has 2 saturated heterocycles.